The Labute approximate surface area is 158 Å². The Kier molecular flexibility index (Phi) is 3.71. The zero-order chi connectivity index (χ0) is 18.4. The van der Waals surface area contributed by atoms with Gasteiger partial charge in [-0.1, -0.05) is 42.8 Å². The SMILES string of the molecule is O=C(Nc1ccccc1)[C@@H]1C(=O)N[C@]23CCCC[C@@H]2[C@@H]1c1ccccc1O3. The van der Waals surface area contributed by atoms with E-state index in [1.165, 1.54) is 0 Å². The van der Waals surface area contributed by atoms with E-state index in [9.17, 15) is 9.59 Å². The molecule has 3 aliphatic rings. The Morgan fingerprint density at radius 2 is 1.85 bits per heavy atom. The second-order valence-electron chi connectivity index (χ2n) is 7.73. The molecule has 27 heavy (non-hydrogen) atoms. The molecule has 2 aliphatic heterocycles. The average Bonchev–Trinajstić information content (AvgIpc) is 2.67. The van der Waals surface area contributed by atoms with E-state index in [0.717, 1.165) is 37.0 Å². The lowest BCUT2D eigenvalue weighted by Crippen LogP contribution is -2.69. The number of hydrogen-bond donors (Lipinski definition) is 2. The van der Waals surface area contributed by atoms with Crippen LogP contribution in [0.3, 0.4) is 0 Å². The molecule has 2 bridgehead atoms. The van der Waals surface area contributed by atoms with Gasteiger partial charge in [0.2, 0.25) is 11.8 Å². The van der Waals surface area contributed by atoms with Gasteiger partial charge in [0.25, 0.3) is 0 Å². The summed E-state index contributed by atoms with van der Waals surface area (Å²) >= 11 is 0. The summed E-state index contributed by atoms with van der Waals surface area (Å²) in [5, 5.41) is 6.03. The second kappa shape index (κ2) is 6.12. The molecule has 2 N–H and O–H groups in total. The van der Waals surface area contributed by atoms with Crippen LogP contribution in [0.1, 0.15) is 37.2 Å². The van der Waals surface area contributed by atoms with E-state index in [4.69, 9.17) is 4.74 Å². The smallest absolute Gasteiger partial charge is 0.237 e. The molecule has 1 saturated carbocycles. The van der Waals surface area contributed by atoms with Gasteiger partial charge in [0.15, 0.2) is 5.72 Å². The summed E-state index contributed by atoms with van der Waals surface area (Å²) in [6.45, 7) is 0. The van der Waals surface area contributed by atoms with Gasteiger partial charge >= 0.3 is 0 Å². The van der Waals surface area contributed by atoms with Crippen LogP contribution in [0.15, 0.2) is 54.6 Å². The van der Waals surface area contributed by atoms with E-state index < -0.39 is 11.6 Å². The predicted octanol–water partition coefficient (Wildman–Crippen LogP) is 3.43. The minimum Gasteiger partial charge on any atom is -0.467 e. The number of carbonyl (C=O) groups excluding carboxylic acids is 2. The van der Waals surface area contributed by atoms with Crippen molar-refractivity contribution in [2.45, 2.75) is 37.3 Å². The number of ether oxygens (including phenoxy) is 1. The molecule has 0 unspecified atom stereocenters. The molecule has 1 saturated heterocycles. The molecule has 1 aliphatic carbocycles. The molecule has 2 fully saturated rings. The highest BCUT2D eigenvalue weighted by atomic mass is 16.5. The fourth-order valence-electron chi connectivity index (χ4n) is 5.09. The first-order valence-corrected chi connectivity index (χ1v) is 9.64. The average molecular weight is 362 g/mol. The van der Waals surface area contributed by atoms with E-state index in [1.807, 2.05) is 54.6 Å². The molecule has 2 heterocycles. The molecule has 0 radical (unpaired) electrons. The molecule has 5 rings (SSSR count). The molecule has 5 nitrogen and oxygen atoms in total. The lowest BCUT2D eigenvalue weighted by molar-refractivity contribution is -0.160. The van der Waals surface area contributed by atoms with Gasteiger partial charge in [0, 0.05) is 23.9 Å². The maximum Gasteiger partial charge on any atom is 0.237 e. The molecule has 138 valence electrons. The third-order valence-corrected chi connectivity index (χ3v) is 6.22. The number of anilines is 1. The highest BCUT2D eigenvalue weighted by Crippen LogP contribution is 2.55. The molecular weight excluding hydrogens is 340 g/mol. The van der Waals surface area contributed by atoms with Gasteiger partial charge in [-0.05, 0) is 36.6 Å². The lowest BCUT2D eigenvalue weighted by atomic mass is 9.62. The van der Waals surface area contributed by atoms with Gasteiger partial charge in [-0.3, -0.25) is 9.59 Å². The molecule has 2 aromatic rings. The van der Waals surface area contributed by atoms with E-state index in [2.05, 4.69) is 10.6 Å². The number of benzene rings is 2. The van der Waals surface area contributed by atoms with Crippen LogP contribution in [0.2, 0.25) is 0 Å². The Morgan fingerprint density at radius 3 is 2.70 bits per heavy atom. The van der Waals surface area contributed by atoms with Crippen molar-refractivity contribution in [3.8, 4) is 5.75 Å². The molecular formula is C22H22N2O3. The van der Waals surface area contributed by atoms with Crippen molar-refractivity contribution in [2.24, 2.45) is 11.8 Å². The van der Waals surface area contributed by atoms with Crippen LogP contribution in [0, 0.1) is 11.8 Å². The van der Waals surface area contributed by atoms with Crippen molar-refractivity contribution >= 4 is 17.5 Å². The van der Waals surface area contributed by atoms with Crippen molar-refractivity contribution in [1.29, 1.82) is 0 Å². The van der Waals surface area contributed by atoms with Crippen LogP contribution < -0.4 is 15.4 Å². The number of para-hydroxylation sites is 2. The summed E-state index contributed by atoms with van der Waals surface area (Å²) in [6.07, 6.45) is 3.86. The number of nitrogens with one attached hydrogen (secondary N) is 2. The van der Waals surface area contributed by atoms with E-state index in [1.54, 1.807) is 0 Å². The summed E-state index contributed by atoms with van der Waals surface area (Å²) in [5.41, 5.74) is 1.01. The molecule has 4 atom stereocenters. The van der Waals surface area contributed by atoms with Gasteiger partial charge in [0.1, 0.15) is 11.7 Å². The summed E-state index contributed by atoms with van der Waals surface area (Å²) in [4.78, 5) is 26.2. The normalized spacial score (nSPS) is 31.0. The molecule has 5 heteroatoms. The summed E-state index contributed by atoms with van der Waals surface area (Å²) < 4.78 is 6.35. The first kappa shape index (κ1) is 16.4. The predicted molar refractivity (Wildman–Crippen MR) is 101 cm³/mol. The number of rotatable bonds is 2. The van der Waals surface area contributed by atoms with Crippen LogP contribution in [0.25, 0.3) is 0 Å². The van der Waals surface area contributed by atoms with Gasteiger partial charge in [-0.2, -0.15) is 0 Å². The summed E-state index contributed by atoms with van der Waals surface area (Å²) in [6, 6.07) is 17.1. The van der Waals surface area contributed by atoms with Gasteiger partial charge in [-0.25, -0.2) is 0 Å². The van der Waals surface area contributed by atoms with Crippen molar-refractivity contribution in [3.05, 3.63) is 60.2 Å². The minimum atomic E-state index is -0.758. The third-order valence-electron chi connectivity index (χ3n) is 6.22. The van der Waals surface area contributed by atoms with Crippen LogP contribution in [-0.2, 0) is 9.59 Å². The van der Waals surface area contributed by atoms with Crippen LogP contribution in [0.4, 0.5) is 5.69 Å². The first-order chi connectivity index (χ1) is 13.2. The van der Waals surface area contributed by atoms with Crippen molar-refractivity contribution in [3.63, 3.8) is 0 Å². The second-order valence-corrected chi connectivity index (χ2v) is 7.73. The number of amides is 2. The summed E-state index contributed by atoms with van der Waals surface area (Å²) in [5.74, 6) is -0.497. The monoisotopic (exact) mass is 362 g/mol. The number of hydrogen-bond acceptors (Lipinski definition) is 3. The molecule has 0 spiro atoms. The molecule has 0 aromatic heterocycles. The van der Waals surface area contributed by atoms with Crippen molar-refractivity contribution < 1.29 is 14.3 Å². The topological polar surface area (TPSA) is 67.4 Å². The largest absolute Gasteiger partial charge is 0.467 e. The van der Waals surface area contributed by atoms with Gasteiger partial charge in [0.05, 0.1) is 0 Å². The van der Waals surface area contributed by atoms with E-state index in [-0.39, 0.29) is 23.7 Å². The first-order valence-electron chi connectivity index (χ1n) is 9.64. The lowest BCUT2D eigenvalue weighted by Gasteiger charge is -2.55. The van der Waals surface area contributed by atoms with Crippen molar-refractivity contribution in [2.75, 3.05) is 5.32 Å². The fraction of sp³-hybridized carbons (Fsp3) is 0.364. The number of fused-ring (bicyclic) bond motifs is 2. The van der Waals surface area contributed by atoms with Gasteiger partial charge in [-0.15, -0.1) is 0 Å². The standard InChI is InChI=1S/C22H22N2O3/c25-20(23-14-8-2-1-3-9-14)19-18-15-10-4-5-12-17(15)27-22(24-21(19)26)13-7-6-11-16(18)22/h1-5,8-10,12,16,18-19H,6-7,11,13H2,(H,23,25)(H,24,26)/t16-,18+,19-,22+/m1/s1. The number of piperidine rings is 1. The molecule has 2 amide bonds. The zero-order valence-electron chi connectivity index (χ0n) is 15.0. The van der Waals surface area contributed by atoms with Gasteiger partial charge < -0.3 is 15.4 Å². The highest BCUT2D eigenvalue weighted by molar-refractivity contribution is 6.08. The van der Waals surface area contributed by atoms with E-state index in [0.29, 0.717) is 5.69 Å². The Bertz CT molecular complexity index is 897. The Hall–Kier alpha value is -2.82. The number of carbonyl (C=O) groups is 2. The minimum absolute atomic E-state index is 0.116. The third kappa shape index (κ3) is 2.52. The van der Waals surface area contributed by atoms with E-state index >= 15 is 0 Å². The maximum atomic E-state index is 13.1. The summed E-state index contributed by atoms with van der Waals surface area (Å²) in [7, 11) is 0. The maximum absolute atomic E-state index is 13.1. The highest BCUT2D eigenvalue weighted by Gasteiger charge is 2.60. The zero-order valence-corrected chi connectivity index (χ0v) is 15.0. The van der Waals surface area contributed by atoms with Crippen molar-refractivity contribution in [1.82, 2.24) is 5.32 Å². The van der Waals surface area contributed by atoms with Crippen LogP contribution in [-0.4, -0.2) is 17.5 Å². The Morgan fingerprint density at radius 1 is 1.07 bits per heavy atom. The fourth-order valence-corrected chi connectivity index (χ4v) is 5.09. The Balaban J connectivity index is 1.57. The molecule has 2 aromatic carbocycles. The van der Waals surface area contributed by atoms with Crippen LogP contribution in [0.5, 0.6) is 5.75 Å². The van der Waals surface area contributed by atoms with Crippen LogP contribution >= 0.6 is 0 Å². The quantitative estimate of drug-likeness (QED) is 0.805.